The van der Waals surface area contributed by atoms with Crippen molar-refractivity contribution in [3.05, 3.63) is 87.5 Å². The fraction of sp³-hybridized carbons (Fsp3) is 0.150. The van der Waals surface area contributed by atoms with Crippen LogP contribution < -0.4 is 15.6 Å². The summed E-state index contributed by atoms with van der Waals surface area (Å²) in [7, 11) is 1.48. The summed E-state index contributed by atoms with van der Waals surface area (Å²) in [5.74, 6) is -1.74. The molecule has 0 spiro atoms. The highest BCUT2D eigenvalue weighted by atomic mass is 19.1. The van der Waals surface area contributed by atoms with Crippen LogP contribution in [0.3, 0.4) is 0 Å². The van der Waals surface area contributed by atoms with Crippen LogP contribution in [-0.4, -0.2) is 22.6 Å². The van der Waals surface area contributed by atoms with Crippen molar-refractivity contribution in [3.8, 4) is 11.6 Å². The number of methoxy groups -OCH3 is 1. The normalized spacial score (nSPS) is 10.6. The fourth-order valence-electron chi connectivity index (χ4n) is 2.67. The topological polar surface area (TPSA) is 73.2 Å². The molecule has 144 valence electrons. The summed E-state index contributed by atoms with van der Waals surface area (Å²) in [6, 6.07) is 7.93. The van der Waals surface area contributed by atoms with Crippen molar-refractivity contribution in [1.82, 2.24) is 14.9 Å². The van der Waals surface area contributed by atoms with Gasteiger partial charge in [-0.1, -0.05) is 6.07 Å². The summed E-state index contributed by atoms with van der Waals surface area (Å²) < 4.78 is 33.0. The lowest BCUT2D eigenvalue weighted by Crippen LogP contribution is -2.33. The van der Waals surface area contributed by atoms with Crippen LogP contribution in [0.25, 0.3) is 5.69 Å². The number of ether oxygens (including phenoxy) is 1. The minimum atomic E-state index is -0.771. The molecule has 0 unspecified atom stereocenters. The van der Waals surface area contributed by atoms with E-state index in [0.29, 0.717) is 17.1 Å². The maximum atomic E-state index is 13.7. The summed E-state index contributed by atoms with van der Waals surface area (Å²) in [5.41, 5.74) is 0.442. The van der Waals surface area contributed by atoms with Gasteiger partial charge in [-0.2, -0.15) is 0 Å². The third-order valence-corrected chi connectivity index (χ3v) is 4.19. The molecule has 2 heterocycles. The van der Waals surface area contributed by atoms with Gasteiger partial charge in [0.15, 0.2) is 0 Å². The summed E-state index contributed by atoms with van der Waals surface area (Å²) in [5, 5.41) is 2.50. The zero-order valence-electron chi connectivity index (χ0n) is 15.2. The van der Waals surface area contributed by atoms with Crippen LogP contribution >= 0.6 is 0 Å². The van der Waals surface area contributed by atoms with Crippen molar-refractivity contribution >= 4 is 5.91 Å². The zero-order chi connectivity index (χ0) is 20.3. The van der Waals surface area contributed by atoms with Crippen molar-refractivity contribution in [2.75, 3.05) is 7.11 Å². The van der Waals surface area contributed by atoms with Gasteiger partial charge in [-0.25, -0.2) is 13.8 Å². The number of halogens is 2. The summed E-state index contributed by atoms with van der Waals surface area (Å²) in [4.78, 5) is 29.4. The molecule has 3 rings (SSSR count). The van der Waals surface area contributed by atoms with E-state index in [9.17, 15) is 18.4 Å². The van der Waals surface area contributed by atoms with E-state index in [1.807, 2.05) is 0 Å². The molecule has 1 aromatic carbocycles. The SMILES string of the molecule is COc1ccc(-n2ccc(C)c(C(=O)NCc3ccc(F)cc3F)c2=O)cn1. The van der Waals surface area contributed by atoms with Crippen molar-refractivity contribution in [3.63, 3.8) is 0 Å². The molecule has 0 bridgehead atoms. The van der Waals surface area contributed by atoms with Crippen molar-refractivity contribution in [2.45, 2.75) is 13.5 Å². The molecular formula is C20H17F2N3O3. The molecule has 0 radical (unpaired) electrons. The molecule has 0 aliphatic heterocycles. The Hall–Kier alpha value is -3.55. The molecule has 0 aliphatic carbocycles. The first kappa shape index (κ1) is 19.2. The third kappa shape index (κ3) is 3.90. The van der Waals surface area contributed by atoms with E-state index < -0.39 is 23.1 Å². The Bertz CT molecular complexity index is 1080. The lowest BCUT2D eigenvalue weighted by atomic mass is 10.1. The molecule has 6 nitrogen and oxygen atoms in total. The minimum Gasteiger partial charge on any atom is -0.481 e. The van der Waals surface area contributed by atoms with Crippen LogP contribution in [0, 0.1) is 18.6 Å². The first-order valence-electron chi connectivity index (χ1n) is 8.35. The van der Waals surface area contributed by atoms with Gasteiger partial charge in [0.2, 0.25) is 5.88 Å². The second-order valence-corrected chi connectivity index (χ2v) is 6.03. The lowest BCUT2D eigenvalue weighted by Gasteiger charge is -2.12. The van der Waals surface area contributed by atoms with Crippen LogP contribution in [0.1, 0.15) is 21.5 Å². The maximum Gasteiger partial charge on any atom is 0.268 e. The molecule has 2 aromatic heterocycles. The molecule has 0 atom stereocenters. The summed E-state index contributed by atoms with van der Waals surface area (Å²) in [6.45, 7) is 1.45. The largest absolute Gasteiger partial charge is 0.481 e. The van der Waals surface area contributed by atoms with E-state index in [0.717, 1.165) is 12.1 Å². The van der Waals surface area contributed by atoms with Crippen LogP contribution in [-0.2, 0) is 6.54 Å². The monoisotopic (exact) mass is 385 g/mol. The van der Waals surface area contributed by atoms with E-state index in [4.69, 9.17) is 4.74 Å². The zero-order valence-corrected chi connectivity index (χ0v) is 15.2. The van der Waals surface area contributed by atoms with E-state index >= 15 is 0 Å². The number of aryl methyl sites for hydroxylation is 1. The van der Waals surface area contributed by atoms with Gasteiger partial charge in [0.05, 0.1) is 19.0 Å². The molecule has 0 saturated carbocycles. The Morgan fingerprint density at radius 2 is 2.00 bits per heavy atom. The van der Waals surface area contributed by atoms with Gasteiger partial charge in [-0.3, -0.25) is 14.2 Å². The maximum absolute atomic E-state index is 13.7. The number of rotatable bonds is 5. The number of amides is 1. The second kappa shape index (κ2) is 7.99. The lowest BCUT2D eigenvalue weighted by molar-refractivity contribution is 0.0948. The van der Waals surface area contributed by atoms with Gasteiger partial charge < -0.3 is 10.1 Å². The van der Waals surface area contributed by atoms with Gasteiger partial charge >= 0.3 is 0 Å². The Morgan fingerprint density at radius 1 is 1.21 bits per heavy atom. The van der Waals surface area contributed by atoms with E-state index in [-0.39, 0.29) is 17.7 Å². The average molecular weight is 385 g/mol. The standard InChI is InChI=1S/C20H17F2N3O3/c1-12-7-8-25(15-5-6-17(28-2)23-11-15)20(27)18(12)19(26)24-10-13-3-4-14(21)9-16(13)22/h3-9,11H,10H2,1-2H3,(H,24,26). The Labute approximate surface area is 159 Å². The molecule has 0 fully saturated rings. The van der Waals surface area contributed by atoms with Crippen molar-refractivity contribution in [2.24, 2.45) is 0 Å². The molecule has 3 aromatic rings. The predicted octanol–water partition coefficient (Wildman–Crippen LogP) is 2.76. The van der Waals surface area contributed by atoms with Gasteiger partial charge in [-0.05, 0) is 30.7 Å². The quantitative estimate of drug-likeness (QED) is 0.733. The highest BCUT2D eigenvalue weighted by molar-refractivity contribution is 5.95. The van der Waals surface area contributed by atoms with Crippen LogP contribution in [0.5, 0.6) is 5.88 Å². The average Bonchev–Trinajstić information content (AvgIpc) is 2.67. The number of hydrogen-bond donors (Lipinski definition) is 1. The highest BCUT2D eigenvalue weighted by Gasteiger charge is 2.17. The highest BCUT2D eigenvalue weighted by Crippen LogP contribution is 2.12. The number of hydrogen-bond acceptors (Lipinski definition) is 4. The van der Waals surface area contributed by atoms with Gasteiger partial charge in [0, 0.05) is 30.4 Å². The van der Waals surface area contributed by atoms with Gasteiger partial charge in [0.1, 0.15) is 17.2 Å². The minimum absolute atomic E-state index is 0.0687. The van der Waals surface area contributed by atoms with Gasteiger partial charge in [0.25, 0.3) is 11.5 Å². The molecule has 1 N–H and O–H groups in total. The number of nitrogens with zero attached hydrogens (tertiary/aromatic N) is 2. The number of pyridine rings is 2. The molecule has 1 amide bonds. The molecule has 28 heavy (non-hydrogen) atoms. The molecule has 0 aliphatic rings. The third-order valence-electron chi connectivity index (χ3n) is 4.19. The summed E-state index contributed by atoms with van der Waals surface area (Å²) in [6.07, 6.45) is 2.99. The van der Waals surface area contributed by atoms with Gasteiger partial charge in [-0.15, -0.1) is 0 Å². The molecule has 8 heteroatoms. The number of carbonyl (C=O) groups excluding carboxylic acids is 1. The first-order chi connectivity index (χ1) is 13.4. The van der Waals surface area contributed by atoms with Crippen LogP contribution in [0.2, 0.25) is 0 Å². The number of carbonyl (C=O) groups is 1. The summed E-state index contributed by atoms with van der Waals surface area (Å²) >= 11 is 0. The Balaban J connectivity index is 1.88. The Morgan fingerprint density at radius 3 is 2.64 bits per heavy atom. The van der Waals surface area contributed by atoms with E-state index in [2.05, 4.69) is 10.3 Å². The molecular weight excluding hydrogens is 368 g/mol. The van der Waals surface area contributed by atoms with Crippen molar-refractivity contribution < 1.29 is 18.3 Å². The number of aromatic nitrogens is 2. The second-order valence-electron chi connectivity index (χ2n) is 6.03. The van der Waals surface area contributed by atoms with Crippen molar-refractivity contribution in [1.29, 1.82) is 0 Å². The predicted molar refractivity (Wildman–Crippen MR) is 98.7 cm³/mol. The number of benzene rings is 1. The van der Waals surface area contributed by atoms with E-state index in [1.54, 1.807) is 25.1 Å². The van der Waals surface area contributed by atoms with Crippen LogP contribution in [0.4, 0.5) is 8.78 Å². The Kier molecular flexibility index (Phi) is 5.49. The number of nitrogens with one attached hydrogen (secondary N) is 1. The van der Waals surface area contributed by atoms with Crippen LogP contribution in [0.15, 0.2) is 53.6 Å². The smallest absolute Gasteiger partial charge is 0.268 e. The van der Waals surface area contributed by atoms with E-state index in [1.165, 1.54) is 30.1 Å². The first-order valence-corrected chi connectivity index (χ1v) is 8.35. The molecule has 0 saturated heterocycles. The fourth-order valence-corrected chi connectivity index (χ4v) is 2.67.